The standard InChI is InChI=1S/C11H13NO3/c1-6-3-4-7(2)10-9(6)14-5-8(15-10)11(12)13/h3-4,8H,5H2,1-2H3,(H2,12,13). The predicted molar refractivity (Wildman–Crippen MR) is 55.0 cm³/mol. The van der Waals surface area contributed by atoms with Gasteiger partial charge in [-0.2, -0.15) is 0 Å². The molecule has 0 aromatic heterocycles. The first-order chi connectivity index (χ1) is 7.09. The molecular formula is C11H13NO3. The number of aryl methyl sites for hydroxylation is 2. The van der Waals surface area contributed by atoms with Crippen molar-refractivity contribution in [1.82, 2.24) is 0 Å². The fourth-order valence-corrected chi connectivity index (χ4v) is 1.56. The van der Waals surface area contributed by atoms with Gasteiger partial charge in [-0.3, -0.25) is 4.79 Å². The molecule has 0 fully saturated rings. The second-order valence-electron chi connectivity index (χ2n) is 3.68. The minimum absolute atomic E-state index is 0.187. The van der Waals surface area contributed by atoms with Crippen molar-refractivity contribution in [1.29, 1.82) is 0 Å². The van der Waals surface area contributed by atoms with Crippen LogP contribution in [0.1, 0.15) is 11.1 Å². The quantitative estimate of drug-likeness (QED) is 0.745. The molecule has 4 nitrogen and oxygen atoms in total. The number of carbonyl (C=O) groups is 1. The molecule has 0 bridgehead atoms. The molecule has 1 amide bonds. The van der Waals surface area contributed by atoms with E-state index in [-0.39, 0.29) is 6.61 Å². The lowest BCUT2D eigenvalue weighted by Crippen LogP contribution is -2.41. The van der Waals surface area contributed by atoms with Gasteiger partial charge < -0.3 is 15.2 Å². The molecule has 1 unspecified atom stereocenters. The number of rotatable bonds is 1. The number of amides is 1. The first-order valence-electron chi connectivity index (χ1n) is 4.78. The fraction of sp³-hybridized carbons (Fsp3) is 0.364. The Bertz CT molecular complexity index is 415. The molecule has 1 heterocycles. The Kier molecular flexibility index (Phi) is 2.26. The van der Waals surface area contributed by atoms with Crippen molar-refractivity contribution in [3.05, 3.63) is 23.3 Å². The van der Waals surface area contributed by atoms with E-state index in [0.717, 1.165) is 11.1 Å². The zero-order valence-corrected chi connectivity index (χ0v) is 8.74. The van der Waals surface area contributed by atoms with E-state index in [1.165, 1.54) is 0 Å². The SMILES string of the molecule is Cc1ccc(C)c2c1OCC(C(N)=O)O2. The highest BCUT2D eigenvalue weighted by atomic mass is 16.6. The number of hydrogen-bond donors (Lipinski definition) is 1. The van der Waals surface area contributed by atoms with Crippen molar-refractivity contribution in [3.8, 4) is 11.5 Å². The molecule has 1 aliphatic heterocycles. The lowest BCUT2D eigenvalue weighted by Gasteiger charge is -2.26. The van der Waals surface area contributed by atoms with Crippen LogP contribution in [-0.2, 0) is 4.79 Å². The van der Waals surface area contributed by atoms with Crippen molar-refractivity contribution in [2.45, 2.75) is 20.0 Å². The van der Waals surface area contributed by atoms with Crippen LogP contribution in [0.4, 0.5) is 0 Å². The van der Waals surface area contributed by atoms with Gasteiger partial charge >= 0.3 is 0 Å². The van der Waals surface area contributed by atoms with Crippen LogP contribution >= 0.6 is 0 Å². The Morgan fingerprint density at radius 3 is 2.53 bits per heavy atom. The zero-order chi connectivity index (χ0) is 11.0. The van der Waals surface area contributed by atoms with E-state index in [9.17, 15) is 4.79 Å². The maximum absolute atomic E-state index is 11.0. The van der Waals surface area contributed by atoms with Gasteiger partial charge in [0.1, 0.15) is 6.61 Å². The molecule has 1 aliphatic rings. The number of primary amides is 1. The number of fused-ring (bicyclic) bond motifs is 1. The molecule has 4 heteroatoms. The van der Waals surface area contributed by atoms with E-state index in [1.54, 1.807) is 0 Å². The van der Waals surface area contributed by atoms with Gasteiger partial charge in [0.15, 0.2) is 11.5 Å². The van der Waals surface area contributed by atoms with E-state index in [2.05, 4.69) is 0 Å². The van der Waals surface area contributed by atoms with Crippen molar-refractivity contribution in [2.24, 2.45) is 5.73 Å². The Morgan fingerprint density at radius 1 is 1.33 bits per heavy atom. The van der Waals surface area contributed by atoms with Crippen LogP contribution in [0.2, 0.25) is 0 Å². The molecule has 1 aromatic rings. The van der Waals surface area contributed by atoms with Crippen LogP contribution in [-0.4, -0.2) is 18.6 Å². The molecule has 1 atom stereocenters. The highest BCUT2D eigenvalue weighted by Gasteiger charge is 2.27. The topological polar surface area (TPSA) is 61.5 Å². The first-order valence-corrected chi connectivity index (χ1v) is 4.78. The molecule has 1 aromatic carbocycles. The van der Waals surface area contributed by atoms with Crippen LogP contribution < -0.4 is 15.2 Å². The van der Waals surface area contributed by atoms with E-state index in [4.69, 9.17) is 15.2 Å². The van der Waals surface area contributed by atoms with Gasteiger partial charge in [-0.05, 0) is 25.0 Å². The van der Waals surface area contributed by atoms with Crippen molar-refractivity contribution >= 4 is 5.91 Å². The van der Waals surface area contributed by atoms with Crippen LogP contribution in [0, 0.1) is 13.8 Å². The van der Waals surface area contributed by atoms with Gasteiger partial charge in [0.25, 0.3) is 5.91 Å². The number of hydrogen-bond acceptors (Lipinski definition) is 3. The van der Waals surface area contributed by atoms with E-state index >= 15 is 0 Å². The Labute approximate surface area is 88.0 Å². The van der Waals surface area contributed by atoms with Gasteiger partial charge in [-0.25, -0.2) is 0 Å². The molecule has 2 rings (SSSR count). The van der Waals surface area contributed by atoms with Crippen molar-refractivity contribution < 1.29 is 14.3 Å². The third-order valence-corrected chi connectivity index (χ3v) is 2.46. The molecular weight excluding hydrogens is 194 g/mol. The molecule has 80 valence electrons. The first kappa shape index (κ1) is 9.83. The fourth-order valence-electron chi connectivity index (χ4n) is 1.56. The van der Waals surface area contributed by atoms with Crippen LogP contribution in [0.15, 0.2) is 12.1 Å². The molecule has 15 heavy (non-hydrogen) atoms. The van der Waals surface area contributed by atoms with Gasteiger partial charge in [-0.15, -0.1) is 0 Å². The van der Waals surface area contributed by atoms with Crippen molar-refractivity contribution in [2.75, 3.05) is 6.61 Å². The maximum atomic E-state index is 11.0. The van der Waals surface area contributed by atoms with Crippen LogP contribution in [0.3, 0.4) is 0 Å². The van der Waals surface area contributed by atoms with Crippen molar-refractivity contribution in [3.63, 3.8) is 0 Å². The highest BCUT2D eigenvalue weighted by molar-refractivity contribution is 5.80. The number of benzene rings is 1. The Morgan fingerprint density at radius 2 is 1.93 bits per heavy atom. The zero-order valence-electron chi connectivity index (χ0n) is 8.74. The van der Waals surface area contributed by atoms with Gasteiger partial charge in [0.2, 0.25) is 6.10 Å². The minimum atomic E-state index is -0.682. The normalized spacial score (nSPS) is 18.7. The second kappa shape index (κ2) is 3.46. The summed E-state index contributed by atoms with van der Waals surface area (Å²) in [6.45, 7) is 4.03. The minimum Gasteiger partial charge on any atom is -0.485 e. The van der Waals surface area contributed by atoms with Gasteiger partial charge in [0, 0.05) is 0 Å². The molecule has 0 saturated carbocycles. The summed E-state index contributed by atoms with van der Waals surface area (Å²) in [5.74, 6) is 0.846. The third-order valence-electron chi connectivity index (χ3n) is 2.46. The molecule has 0 saturated heterocycles. The largest absolute Gasteiger partial charge is 0.485 e. The summed E-state index contributed by atoms with van der Waals surface area (Å²) in [5, 5.41) is 0. The molecule has 0 radical (unpaired) electrons. The van der Waals surface area contributed by atoms with E-state index in [1.807, 2.05) is 26.0 Å². The summed E-state index contributed by atoms with van der Waals surface area (Å²) in [6, 6.07) is 3.89. The summed E-state index contributed by atoms with van der Waals surface area (Å²) in [5.41, 5.74) is 7.11. The summed E-state index contributed by atoms with van der Waals surface area (Å²) in [4.78, 5) is 11.0. The average molecular weight is 207 g/mol. The summed E-state index contributed by atoms with van der Waals surface area (Å²) < 4.78 is 11.0. The Hall–Kier alpha value is -1.71. The lowest BCUT2D eigenvalue weighted by molar-refractivity contribution is -0.127. The van der Waals surface area contributed by atoms with E-state index in [0.29, 0.717) is 11.5 Å². The Balaban J connectivity index is 2.41. The number of carbonyl (C=O) groups excluding carboxylic acids is 1. The average Bonchev–Trinajstić information content (AvgIpc) is 2.23. The summed E-state index contributed by atoms with van der Waals surface area (Å²) in [7, 11) is 0. The third kappa shape index (κ3) is 1.63. The summed E-state index contributed by atoms with van der Waals surface area (Å²) >= 11 is 0. The van der Waals surface area contributed by atoms with Gasteiger partial charge in [0.05, 0.1) is 0 Å². The lowest BCUT2D eigenvalue weighted by atomic mass is 10.1. The second-order valence-corrected chi connectivity index (χ2v) is 3.68. The highest BCUT2D eigenvalue weighted by Crippen LogP contribution is 2.37. The van der Waals surface area contributed by atoms with Crippen LogP contribution in [0.5, 0.6) is 11.5 Å². The van der Waals surface area contributed by atoms with Crippen LogP contribution in [0.25, 0.3) is 0 Å². The smallest absolute Gasteiger partial charge is 0.262 e. The predicted octanol–water partition coefficient (Wildman–Crippen LogP) is 0.929. The van der Waals surface area contributed by atoms with Gasteiger partial charge in [-0.1, -0.05) is 12.1 Å². The monoisotopic (exact) mass is 207 g/mol. The molecule has 2 N–H and O–H groups in total. The molecule has 0 aliphatic carbocycles. The van der Waals surface area contributed by atoms with E-state index < -0.39 is 12.0 Å². The summed E-state index contributed by atoms with van der Waals surface area (Å²) in [6.07, 6.45) is -0.682. The molecule has 0 spiro atoms. The number of ether oxygens (including phenoxy) is 2. The maximum Gasteiger partial charge on any atom is 0.262 e. The number of nitrogens with two attached hydrogens (primary N) is 1.